The van der Waals surface area contributed by atoms with Crippen LogP contribution >= 0.6 is 11.8 Å². The zero-order valence-corrected chi connectivity index (χ0v) is 9.55. The average Bonchev–Trinajstić information content (AvgIpc) is 2.29. The lowest BCUT2D eigenvalue weighted by atomic mass is 10.1. The van der Waals surface area contributed by atoms with Gasteiger partial charge in [-0.2, -0.15) is 11.8 Å². The highest BCUT2D eigenvalue weighted by Crippen LogP contribution is 2.36. The molecule has 0 radical (unpaired) electrons. The molecule has 0 bridgehead atoms. The molecule has 0 saturated carbocycles. The number of aromatic carboxylic acids is 1. The summed E-state index contributed by atoms with van der Waals surface area (Å²) in [5.74, 6) is -0.0722. The molecule has 0 aromatic carbocycles. The lowest BCUT2D eigenvalue weighted by molar-refractivity contribution is 0.0695. The minimum atomic E-state index is -1.18. The Morgan fingerprint density at radius 3 is 2.81 bits per heavy atom. The van der Waals surface area contributed by atoms with Gasteiger partial charge in [-0.05, 0) is 30.7 Å². The van der Waals surface area contributed by atoms with Gasteiger partial charge >= 0.3 is 5.97 Å². The Hall–Kier alpha value is -1.23. The van der Waals surface area contributed by atoms with Gasteiger partial charge in [-0.3, -0.25) is 4.79 Å². The van der Waals surface area contributed by atoms with Crippen molar-refractivity contribution in [3.8, 4) is 0 Å². The lowest BCUT2D eigenvalue weighted by Gasteiger charge is -2.21. The molecular weight excluding hydrogens is 226 g/mol. The molecule has 1 atom stereocenters. The van der Waals surface area contributed by atoms with Crippen molar-refractivity contribution in [1.82, 2.24) is 4.98 Å². The van der Waals surface area contributed by atoms with Crippen LogP contribution in [0.15, 0.2) is 16.9 Å². The van der Waals surface area contributed by atoms with E-state index in [1.165, 1.54) is 18.9 Å². The molecule has 1 unspecified atom stereocenters. The number of hydrogen-bond donors (Lipinski definition) is 2. The second-order valence-corrected chi connectivity index (χ2v) is 5.13. The number of carbonyl (C=O) groups is 1. The Morgan fingerprint density at radius 1 is 1.44 bits per heavy atom. The van der Waals surface area contributed by atoms with E-state index in [2.05, 4.69) is 4.98 Å². The molecule has 1 aromatic rings. The molecule has 1 aliphatic rings. The van der Waals surface area contributed by atoms with Crippen molar-refractivity contribution in [2.24, 2.45) is 0 Å². The molecular formula is C11H13NO3S. The van der Waals surface area contributed by atoms with E-state index < -0.39 is 11.5 Å². The fourth-order valence-electron chi connectivity index (χ4n) is 1.83. The summed E-state index contributed by atoms with van der Waals surface area (Å²) >= 11 is 1.82. The molecule has 4 nitrogen and oxygen atoms in total. The van der Waals surface area contributed by atoms with E-state index in [0.717, 1.165) is 17.9 Å². The third kappa shape index (κ3) is 2.29. The molecule has 0 spiro atoms. The van der Waals surface area contributed by atoms with Crippen molar-refractivity contribution in [1.29, 1.82) is 0 Å². The monoisotopic (exact) mass is 239 g/mol. The zero-order chi connectivity index (χ0) is 11.5. The summed E-state index contributed by atoms with van der Waals surface area (Å²) in [5, 5.41) is 9.05. The summed E-state index contributed by atoms with van der Waals surface area (Å²) in [6, 6.07) is 3.11. The van der Waals surface area contributed by atoms with Gasteiger partial charge in [-0.15, -0.1) is 0 Å². The number of pyridine rings is 1. The molecule has 2 N–H and O–H groups in total. The fraction of sp³-hybridized carbons (Fsp3) is 0.455. The molecule has 1 aliphatic heterocycles. The molecule has 2 rings (SSSR count). The van der Waals surface area contributed by atoms with Crippen LogP contribution in [-0.4, -0.2) is 21.8 Å². The van der Waals surface area contributed by atoms with Gasteiger partial charge < -0.3 is 10.1 Å². The van der Waals surface area contributed by atoms with Crippen LogP contribution in [-0.2, 0) is 0 Å². The highest BCUT2D eigenvalue weighted by atomic mass is 32.2. The van der Waals surface area contributed by atoms with Crippen molar-refractivity contribution >= 4 is 17.7 Å². The summed E-state index contributed by atoms with van der Waals surface area (Å²) in [4.78, 5) is 24.8. The summed E-state index contributed by atoms with van der Waals surface area (Å²) < 4.78 is 0. The molecule has 5 heteroatoms. The quantitative estimate of drug-likeness (QED) is 0.828. The molecule has 0 aliphatic carbocycles. The van der Waals surface area contributed by atoms with Gasteiger partial charge in [0.2, 0.25) is 0 Å². The summed E-state index contributed by atoms with van der Waals surface area (Å²) in [7, 11) is 0. The van der Waals surface area contributed by atoms with Gasteiger partial charge in [0, 0.05) is 10.9 Å². The van der Waals surface area contributed by atoms with Crippen molar-refractivity contribution in [2.75, 3.05) is 5.75 Å². The van der Waals surface area contributed by atoms with E-state index in [0.29, 0.717) is 5.25 Å². The topological polar surface area (TPSA) is 70.2 Å². The van der Waals surface area contributed by atoms with Crippen LogP contribution in [0.25, 0.3) is 0 Å². The predicted molar refractivity (Wildman–Crippen MR) is 63.1 cm³/mol. The van der Waals surface area contributed by atoms with Crippen LogP contribution in [0.3, 0.4) is 0 Å². The Balaban J connectivity index is 2.26. The number of carboxylic acids is 1. The van der Waals surface area contributed by atoms with Crippen LogP contribution in [0.5, 0.6) is 0 Å². The zero-order valence-electron chi connectivity index (χ0n) is 8.73. The van der Waals surface area contributed by atoms with Crippen molar-refractivity contribution < 1.29 is 9.90 Å². The molecule has 1 fully saturated rings. The van der Waals surface area contributed by atoms with Gasteiger partial charge in [0.15, 0.2) is 0 Å². The Morgan fingerprint density at radius 2 is 2.25 bits per heavy atom. The first kappa shape index (κ1) is 11.3. The first-order valence-corrected chi connectivity index (χ1v) is 6.31. The highest BCUT2D eigenvalue weighted by molar-refractivity contribution is 7.99. The first-order chi connectivity index (χ1) is 7.68. The van der Waals surface area contributed by atoms with E-state index in [1.807, 2.05) is 11.8 Å². The standard InChI is InChI=1S/C11H13NO3S/c13-10-7(11(14)15)4-5-8(12-10)9-3-1-2-6-16-9/h4-5,9H,1-3,6H2,(H,12,13)(H,14,15). The normalized spacial score (nSPS) is 20.6. The molecule has 16 heavy (non-hydrogen) atoms. The molecule has 1 saturated heterocycles. The molecule has 86 valence electrons. The van der Waals surface area contributed by atoms with Crippen LogP contribution in [0.2, 0.25) is 0 Å². The predicted octanol–water partition coefficient (Wildman–Crippen LogP) is 2.03. The van der Waals surface area contributed by atoms with E-state index in [4.69, 9.17) is 5.11 Å². The maximum absolute atomic E-state index is 11.5. The van der Waals surface area contributed by atoms with E-state index in [-0.39, 0.29) is 5.56 Å². The minimum absolute atomic E-state index is 0.190. The van der Waals surface area contributed by atoms with Gasteiger partial charge in [-0.1, -0.05) is 6.42 Å². The van der Waals surface area contributed by atoms with Gasteiger partial charge in [0.1, 0.15) is 5.56 Å². The smallest absolute Gasteiger partial charge is 0.341 e. The third-order valence-corrected chi connectivity index (χ3v) is 4.11. The summed E-state index contributed by atoms with van der Waals surface area (Å²) in [6.07, 6.45) is 3.44. The van der Waals surface area contributed by atoms with Crippen LogP contribution in [0.1, 0.15) is 40.6 Å². The number of aromatic nitrogens is 1. The molecule has 2 heterocycles. The summed E-state index contributed by atoms with van der Waals surface area (Å²) in [5.41, 5.74) is 0.153. The maximum atomic E-state index is 11.5. The van der Waals surface area contributed by atoms with Crippen LogP contribution in [0.4, 0.5) is 0 Å². The minimum Gasteiger partial charge on any atom is -0.477 e. The van der Waals surface area contributed by atoms with Crippen LogP contribution in [0, 0.1) is 0 Å². The Bertz CT molecular complexity index is 449. The Labute approximate surface area is 97.1 Å². The number of carboxylic acid groups (broad SMARTS) is 1. The third-order valence-electron chi connectivity index (χ3n) is 2.69. The highest BCUT2D eigenvalue weighted by Gasteiger charge is 2.18. The molecule has 0 amide bonds. The lowest BCUT2D eigenvalue weighted by Crippen LogP contribution is -2.19. The van der Waals surface area contributed by atoms with E-state index in [9.17, 15) is 9.59 Å². The van der Waals surface area contributed by atoms with Crippen molar-refractivity contribution in [3.63, 3.8) is 0 Å². The number of thioether (sulfide) groups is 1. The number of H-pyrrole nitrogens is 1. The number of aromatic amines is 1. The Kier molecular flexibility index (Phi) is 3.33. The average molecular weight is 239 g/mol. The van der Waals surface area contributed by atoms with Crippen molar-refractivity contribution in [2.45, 2.75) is 24.5 Å². The number of hydrogen-bond acceptors (Lipinski definition) is 3. The van der Waals surface area contributed by atoms with Gasteiger partial charge in [-0.25, -0.2) is 4.79 Å². The van der Waals surface area contributed by atoms with Gasteiger partial charge in [0.25, 0.3) is 5.56 Å². The fourth-order valence-corrected chi connectivity index (χ4v) is 3.14. The number of nitrogens with one attached hydrogen (secondary N) is 1. The second kappa shape index (κ2) is 4.74. The maximum Gasteiger partial charge on any atom is 0.341 e. The molecule has 1 aromatic heterocycles. The van der Waals surface area contributed by atoms with Crippen molar-refractivity contribution in [3.05, 3.63) is 33.7 Å². The first-order valence-electron chi connectivity index (χ1n) is 5.26. The SMILES string of the molecule is O=C(O)c1ccc(C2CCCCS2)[nH]c1=O. The van der Waals surface area contributed by atoms with Gasteiger partial charge in [0.05, 0.1) is 0 Å². The largest absolute Gasteiger partial charge is 0.477 e. The second-order valence-electron chi connectivity index (χ2n) is 3.82. The van der Waals surface area contributed by atoms with E-state index >= 15 is 0 Å². The summed E-state index contributed by atoms with van der Waals surface area (Å²) in [6.45, 7) is 0. The van der Waals surface area contributed by atoms with E-state index in [1.54, 1.807) is 6.07 Å². The number of rotatable bonds is 2. The van der Waals surface area contributed by atoms with Crippen LogP contribution < -0.4 is 5.56 Å².